The van der Waals surface area contributed by atoms with Crippen molar-refractivity contribution in [2.45, 2.75) is 20.3 Å². The number of rotatable bonds is 5. The van der Waals surface area contributed by atoms with Gasteiger partial charge in [-0.2, -0.15) is 0 Å². The van der Waals surface area contributed by atoms with Gasteiger partial charge in [0, 0.05) is 10.7 Å². The fraction of sp³-hybridized carbons (Fsp3) is 0.120. The normalized spacial score (nSPS) is 13.9. The molecule has 4 rings (SSSR count). The zero-order valence-electron chi connectivity index (χ0n) is 16.8. The monoisotopic (exact) mass is 416 g/mol. The van der Waals surface area contributed by atoms with Crippen molar-refractivity contribution in [2.24, 2.45) is 0 Å². The largest absolute Gasteiger partial charge is 0.350 e. The summed E-state index contributed by atoms with van der Waals surface area (Å²) in [6, 6.07) is 22.2. The molecule has 0 atom stereocenters. The van der Waals surface area contributed by atoms with Crippen LogP contribution in [0, 0.1) is 6.92 Å². The molecule has 0 aliphatic carbocycles. The number of anilines is 2. The van der Waals surface area contributed by atoms with Crippen LogP contribution in [0.5, 0.6) is 0 Å². The van der Waals surface area contributed by atoms with Gasteiger partial charge in [-0.05, 0) is 54.3 Å². The van der Waals surface area contributed by atoms with Crippen LogP contribution in [0.15, 0.2) is 78.5 Å². The van der Waals surface area contributed by atoms with Gasteiger partial charge >= 0.3 is 0 Å². The Morgan fingerprint density at radius 1 is 0.867 bits per heavy atom. The summed E-state index contributed by atoms with van der Waals surface area (Å²) in [6.45, 7) is 3.93. The molecule has 150 valence electrons. The minimum Gasteiger partial charge on any atom is -0.350 e. The number of benzene rings is 3. The number of aryl methyl sites for hydroxylation is 1. The highest BCUT2D eigenvalue weighted by Crippen LogP contribution is 2.35. The summed E-state index contributed by atoms with van der Waals surface area (Å²) < 4.78 is 0. The third-order valence-electron chi connectivity index (χ3n) is 5.28. The molecule has 30 heavy (non-hydrogen) atoms. The Labute approximate surface area is 180 Å². The molecule has 3 aromatic carbocycles. The predicted octanol–water partition coefficient (Wildman–Crippen LogP) is 5.61. The van der Waals surface area contributed by atoms with Gasteiger partial charge in [-0.15, -0.1) is 0 Å². The average molecular weight is 417 g/mol. The first-order chi connectivity index (χ1) is 14.5. The van der Waals surface area contributed by atoms with E-state index < -0.39 is 0 Å². The molecule has 1 aliphatic rings. The molecule has 1 N–H and O–H groups in total. The van der Waals surface area contributed by atoms with E-state index >= 15 is 0 Å². The van der Waals surface area contributed by atoms with Crippen LogP contribution in [0.25, 0.3) is 5.57 Å². The van der Waals surface area contributed by atoms with Crippen LogP contribution in [0.1, 0.15) is 23.6 Å². The molecule has 0 unspecified atom stereocenters. The molecule has 0 radical (unpaired) electrons. The zero-order chi connectivity index (χ0) is 21.3. The third kappa shape index (κ3) is 3.51. The molecule has 3 aromatic rings. The first-order valence-corrected chi connectivity index (χ1v) is 10.2. The lowest BCUT2D eigenvalue weighted by Crippen LogP contribution is -2.32. The number of nitrogens with zero attached hydrogens (tertiary/aromatic N) is 1. The van der Waals surface area contributed by atoms with E-state index in [0.717, 1.165) is 17.5 Å². The Morgan fingerprint density at radius 2 is 1.57 bits per heavy atom. The first kappa shape index (κ1) is 19.9. The maximum Gasteiger partial charge on any atom is 0.282 e. The van der Waals surface area contributed by atoms with E-state index in [1.54, 1.807) is 6.07 Å². The van der Waals surface area contributed by atoms with Gasteiger partial charge in [0.05, 0.1) is 11.3 Å². The number of hydrogen-bond donors (Lipinski definition) is 1. The van der Waals surface area contributed by atoms with Gasteiger partial charge in [-0.25, -0.2) is 4.90 Å². The Hall–Kier alpha value is -3.37. The molecule has 0 bridgehead atoms. The molecule has 0 saturated carbocycles. The van der Waals surface area contributed by atoms with Gasteiger partial charge in [0.25, 0.3) is 11.8 Å². The smallest absolute Gasteiger partial charge is 0.282 e. The van der Waals surface area contributed by atoms with E-state index in [2.05, 4.69) is 12.2 Å². The number of imide groups is 1. The molecule has 2 amide bonds. The molecule has 1 heterocycles. The van der Waals surface area contributed by atoms with Gasteiger partial charge in [0.1, 0.15) is 5.70 Å². The van der Waals surface area contributed by atoms with Gasteiger partial charge in [-0.3, -0.25) is 9.59 Å². The summed E-state index contributed by atoms with van der Waals surface area (Å²) >= 11 is 6.25. The van der Waals surface area contributed by atoms with Gasteiger partial charge in [0.2, 0.25) is 0 Å². The molecule has 0 aromatic heterocycles. The van der Waals surface area contributed by atoms with Crippen molar-refractivity contribution in [3.05, 3.63) is 100 Å². The standard InChI is InChI=1S/C25H21ClN2O2/c1-3-17-12-14-19(15-13-17)28-24(29)22(18-8-5-4-6-9-18)23(25(28)30)27-21-11-7-10-20(26)16(21)2/h4-15,27H,3H2,1-2H3. The van der Waals surface area contributed by atoms with E-state index in [1.165, 1.54) is 4.90 Å². The first-order valence-electron chi connectivity index (χ1n) is 9.80. The molecule has 0 saturated heterocycles. The maximum atomic E-state index is 13.4. The Kier molecular flexibility index (Phi) is 5.42. The molecule has 4 nitrogen and oxygen atoms in total. The number of hydrogen-bond acceptors (Lipinski definition) is 3. The highest BCUT2D eigenvalue weighted by Gasteiger charge is 2.40. The average Bonchev–Trinajstić information content (AvgIpc) is 3.01. The molecule has 0 fully saturated rings. The van der Waals surface area contributed by atoms with E-state index in [-0.39, 0.29) is 17.5 Å². The zero-order valence-corrected chi connectivity index (χ0v) is 17.5. The van der Waals surface area contributed by atoms with Crippen molar-refractivity contribution >= 4 is 40.4 Å². The lowest BCUT2D eigenvalue weighted by atomic mass is 10.0. The summed E-state index contributed by atoms with van der Waals surface area (Å²) in [4.78, 5) is 28.0. The summed E-state index contributed by atoms with van der Waals surface area (Å²) in [6.07, 6.45) is 0.885. The van der Waals surface area contributed by atoms with Crippen LogP contribution in [0.4, 0.5) is 11.4 Å². The molecule has 0 spiro atoms. The van der Waals surface area contributed by atoms with Crippen LogP contribution >= 0.6 is 11.6 Å². The van der Waals surface area contributed by atoms with Crippen molar-refractivity contribution in [2.75, 3.05) is 10.2 Å². The summed E-state index contributed by atoms with van der Waals surface area (Å²) in [5.74, 6) is -0.736. The number of carbonyl (C=O) groups excluding carboxylic acids is 2. The minimum atomic E-state index is -0.387. The molecular weight excluding hydrogens is 396 g/mol. The topological polar surface area (TPSA) is 49.4 Å². The predicted molar refractivity (Wildman–Crippen MR) is 121 cm³/mol. The van der Waals surface area contributed by atoms with Crippen molar-refractivity contribution in [1.82, 2.24) is 0 Å². The summed E-state index contributed by atoms with van der Waals surface area (Å²) in [5, 5.41) is 3.77. The lowest BCUT2D eigenvalue weighted by molar-refractivity contribution is -0.120. The summed E-state index contributed by atoms with van der Waals surface area (Å²) in [5.41, 5.74) is 4.47. The van der Waals surface area contributed by atoms with E-state index in [4.69, 9.17) is 11.6 Å². The van der Waals surface area contributed by atoms with Crippen LogP contribution in [0.3, 0.4) is 0 Å². The fourth-order valence-electron chi connectivity index (χ4n) is 3.51. The van der Waals surface area contributed by atoms with Gasteiger partial charge in [0.15, 0.2) is 0 Å². The minimum absolute atomic E-state index is 0.246. The second kappa shape index (κ2) is 8.17. The Morgan fingerprint density at radius 3 is 2.23 bits per heavy atom. The number of halogens is 1. The Balaban J connectivity index is 1.81. The maximum absolute atomic E-state index is 13.4. The third-order valence-corrected chi connectivity index (χ3v) is 5.69. The van der Waals surface area contributed by atoms with Crippen LogP contribution < -0.4 is 10.2 Å². The highest BCUT2D eigenvalue weighted by molar-refractivity contribution is 6.46. The number of amides is 2. The molecule has 1 aliphatic heterocycles. The van der Waals surface area contributed by atoms with E-state index in [1.807, 2.05) is 73.7 Å². The van der Waals surface area contributed by atoms with Crippen molar-refractivity contribution in [1.29, 1.82) is 0 Å². The highest BCUT2D eigenvalue weighted by atomic mass is 35.5. The van der Waals surface area contributed by atoms with E-state index in [0.29, 0.717) is 27.5 Å². The van der Waals surface area contributed by atoms with Crippen molar-refractivity contribution < 1.29 is 9.59 Å². The lowest BCUT2D eigenvalue weighted by Gasteiger charge is -2.16. The van der Waals surface area contributed by atoms with Crippen molar-refractivity contribution in [3.8, 4) is 0 Å². The van der Waals surface area contributed by atoms with Crippen LogP contribution in [0.2, 0.25) is 5.02 Å². The fourth-order valence-corrected chi connectivity index (χ4v) is 3.69. The second-order valence-electron chi connectivity index (χ2n) is 7.12. The van der Waals surface area contributed by atoms with Gasteiger partial charge < -0.3 is 5.32 Å². The van der Waals surface area contributed by atoms with Crippen LogP contribution in [-0.2, 0) is 16.0 Å². The number of nitrogens with one attached hydrogen (secondary N) is 1. The SMILES string of the molecule is CCc1ccc(N2C(=O)C(Nc3cccc(Cl)c3C)=C(c3ccccc3)C2=O)cc1. The second-order valence-corrected chi connectivity index (χ2v) is 7.53. The molecular formula is C25H21ClN2O2. The molecule has 5 heteroatoms. The quantitative estimate of drug-likeness (QED) is 0.550. The summed E-state index contributed by atoms with van der Waals surface area (Å²) in [7, 11) is 0. The Bertz CT molecular complexity index is 1150. The van der Waals surface area contributed by atoms with E-state index in [9.17, 15) is 9.59 Å². The van der Waals surface area contributed by atoms with Crippen LogP contribution in [-0.4, -0.2) is 11.8 Å². The van der Waals surface area contributed by atoms with Crippen molar-refractivity contribution in [3.63, 3.8) is 0 Å². The van der Waals surface area contributed by atoms with Gasteiger partial charge in [-0.1, -0.05) is 67.1 Å². The number of carbonyl (C=O) groups is 2.